The fraction of sp³-hybridized carbons (Fsp3) is 0.462. The van der Waals surface area contributed by atoms with Crippen molar-refractivity contribution >= 4 is 23.2 Å². The second-order valence-electron chi connectivity index (χ2n) is 4.70. The van der Waals surface area contributed by atoms with E-state index in [1.54, 1.807) is 0 Å². The molecule has 5 heteroatoms. The van der Waals surface area contributed by atoms with Crippen molar-refractivity contribution in [1.29, 1.82) is 0 Å². The summed E-state index contributed by atoms with van der Waals surface area (Å²) in [4.78, 5) is 16.6. The lowest BCUT2D eigenvalue weighted by Gasteiger charge is -2.43. The number of nitrogens with one attached hydrogen (secondary N) is 1. The number of benzene rings is 1. The van der Waals surface area contributed by atoms with Crippen LogP contribution in [-0.4, -0.2) is 49.6 Å². The molecule has 0 radical (unpaired) electrons. The summed E-state index contributed by atoms with van der Waals surface area (Å²) < 4.78 is 0. The highest BCUT2D eigenvalue weighted by Crippen LogP contribution is 2.28. The molecule has 1 aromatic rings. The summed E-state index contributed by atoms with van der Waals surface area (Å²) in [5, 5.41) is 3.92. The Morgan fingerprint density at radius 2 is 2.06 bits per heavy atom. The first-order chi connectivity index (χ1) is 8.77. The van der Waals surface area contributed by atoms with E-state index in [9.17, 15) is 4.79 Å². The lowest BCUT2D eigenvalue weighted by Crippen LogP contribution is -2.64. The van der Waals surface area contributed by atoms with Gasteiger partial charge < -0.3 is 10.2 Å². The maximum atomic E-state index is 12.5. The summed E-state index contributed by atoms with van der Waals surface area (Å²) in [5.41, 5.74) is 0.828. The van der Waals surface area contributed by atoms with Crippen LogP contribution < -0.4 is 10.2 Å². The third-order valence-corrected chi connectivity index (χ3v) is 3.98. The maximum absolute atomic E-state index is 12.5. The van der Waals surface area contributed by atoms with Crippen molar-refractivity contribution < 1.29 is 4.79 Å². The van der Waals surface area contributed by atoms with Crippen LogP contribution >= 0.6 is 11.6 Å². The molecule has 1 amide bonds. The first kappa shape index (κ1) is 12.0. The van der Waals surface area contributed by atoms with Gasteiger partial charge in [0.25, 0.3) is 0 Å². The molecule has 2 heterocycles. The molecule has 0 bridgehead atoms. The van der Waals surface area contributed by atoms with Gasteiger partial charge in [-0.25, -0.2) is 0 Å². The molecule has 0 spiro atoms. The predicted molar refractivity (Wildman–Crippen MR) is 72.0 cm³/mol. The fourth-order valence-electron chi connectivity index (χ4n) is 2.69. The van der Waals surface area contributed by atoms with Gasteiger partial charge in [-0.3, -0.25) is 9.69 Å². The molecule has 1 aromatic carbocycles. The van der Waals surface area contributed by atoms with E-state index in [1.807, 2.05) is 29.2 Å². The quantitative estimate of drug-likeness (QED) is 0.822. The van der Waals surface area contributed by atoms with E-state index in [0.717, 1.165) is 38.4 Å². The lowest BCUT2D eigenvalue weighted by atomic mass is 10.1. The van der Waals surface area contributed by atoms with Gasteiger partial charge in [0, 0.05) is 32.7 Å². The molecule has 4 nitrogen and oxygen atoms in total. The van der Waals surface area contributed by atoms with Crippen LogP contribution in [0.5, 0.6) is 0 Å². The number of halogens is 1. The van der Waals surface area contributed by atoms with Gasteiger partial charge in [-0.05, 0) is 12.1 Å². The third kappa shape index (κ3) is 2.00. The molecule has 2 saturated heterocycles. The van der Waals surface area contributed by atoms with Gasteiger partial charge in [-0.1, -0.05) is 23.7 Å². The smallest absolute Gasteiger partial charge is 0.245 e. The number of carbonyl (C=O) groups is 1. The molecule has 0 aromatic heterocycles. The Morgan fingerprint density at radius 3 is 2.89 bits per heavy atom. The molecule has 18 heavy (non-hydrogen) atoms. The molecule has 1 unspecified atom stereocenters. The average Bonchev–Trinajstić information content (AvgIpc) is 2.41. The normalized spacial score (nSPS) is 25.1. The Kier molecular flexibility index (Phi) is 3.24. The fourth-order valence-corrected chi connectivity index (χ4v) is 2.92. The maximum Gasteiger partial charge on any atom is 0.245 e. The summed E-state index contributed by atoms with van der Waals surface area (Å²) in [6.45, 7) is 4.30. The number of piperazine rings is 2. The average molecular weight is 266 g/mol. The van der Waals surface area contributed by atoms with Crippen LogP contribution in [0, 0.1) is 0 Å². The van der Waals surface area contributed by atoms with E-state index in [-0.39, 0.29) is 11.9 Å². The standard InChI is InChI=1S/C13H16ClN3O/c14-10-3-1-2-4-11(10)17-8-7-16-6-5-15-9-12(16)13(17)18/h1-4,12,15H,5-9H2. The Morgan fingerprint density at radius 1 is 1.22 bits per heavy atom. The van der Waals surface area contributed by atoms with Gasteiger partial charge in [0.05, 0.1) is 10.7 Å². The van der Waals surface area contributed by atoms with Crippen molar-refractivity contribution in [3.8, 4) is 0 Å². The van der Waals surface area contributed by atoms with Crippen LogP contribution in [0.3, 0.4) is 0 Å². The minimum Gasteiger partial charge on any atom is -0.313 e. The number of hydrogen-bond acceptors (Lipinski definition) is 3. The number of rotatable bonds is 1. The first-order valence-corrected chi connectivity index (χ1v) is 6.66. The highest BCUT2D eigenvalue weighted by atomic mass is 35.5. The number of hydrogen-bond donors (Lipinski definition) is 1. The second kappa shape index (κ2) is 4.88. The molecular formula is C13H16ClN3O. The summed E-state index contributed by atoms with van der Waals surface area (Å²) in [6.07, 6.45) is 0. The molecule has 2 fully saturated rings. The van der Waals surface area contributed by atoms with Crippen LogP contribution in [0.15, 0.2) is 24.3 Å². The van der Waals surface area contributed by atoms with Crippen molar-refractivity contribution in [1.82, 2.24) is 10.2 Å². The van der Waals surface area contributed by atoms with Crippen LogP contribution in [0.1, 0.15) is 0 Å². The summed E-state index contributed by atoms with van der Waals surface area (Å²) in [7, 11) is 0. The van der Waals surface area contributed by atoms with Crippen LogP contribution in [0.25, 0.3) is 0 Å². The van der Waals surface area contributed by atoms with Crippen molar-refractivity contribution in [2.75, 3.05) is 37.6 Å². The molecule has 1 atom stereocenters. The van der Waals surface area contributed by atoms with E-state index >= 15 is 0 Å². The van der Waals surface area contributed by atoms with Crippen molar-refractivity contribution in [2.45, 2.75) is 6.04 Å². The highest BCUT2D eigenvalue weighted by molar-refractivity contribution is 6.33. The molecule has 3 rings (SSSR count). The molecule has 96 valence electrons. The van der Waals surface area contributed by atoms with Crippen molar-refractivity contribution in [3.05, 3.63) is 29.3 Å². The van der Waals surface area contributed by atoms with Crippen LogP contribution in [-0.2, 0) is 4.79 Å². The highest BCUT2D eigenvalue weighted by Gasteiger charge is 2.37. The van der Waals surface area contributed by atoms with Crippen molar-refractivity contribution in [2.24, 2.45) is 0 Å². The monoisotopic (exact) mass is 265 g/mol. The predicted octanol–water partition coefficient (Wildman–Crippen LogP) is 0.960. The second-order valence-corrected chi connectivity index (χ2v) is 5.10. The van der Waals surface area contributed by atoms with Gasteiger partial charge in [-0.15, -0.1) is 0 Å². The van der Waals surface area contributed by atoms with Crippen LogP contribution in [0.2, 0.25) is 5.02 Å². The Bertz CT molecular complexity index is 465. The van der Waals surface area contributed by atoms with E-state index in [2.05, 4.69) is 10.2 Å². The molecule has 2 aliphatic rings. The van der Waals surface area contributed by atoms with E-state index in [1.165, 1.54) is 0 Å². The molecule has 0 saturated carbocycles. The first-order valence-electron chi connectivity index (χ1n) is 6.28. The Balaban J connectivity index is 1.86. The summed E-state index contributed by atoms with van der Waals surface area (Å²) >= 11 is 6.17. The van der Waals surface area contributed by atoms with Crippen LogP contribution in [0.4, 0.5) is 5.69 Å². The van der Waals surface area contributed by atoms with Gasteiger partial charge in [0.15, 0.2) is 0 Å². The largest absolute Gasteiger partial charge is 0.313 e. The minimum absolute atomic E-state index is 0.0382. The van der Waals surface area contributed by atoms with E-state index in [0.29, 0.717) is 5.02 Å². The van der Waals surface area contributed by atoms with Gasteiger partial charge in [-0.2, -0.15) is 0 Å². The summed E-state index contributed by atoms with van der Waals surface area (Å²) in [6, 6.07) is 7.50. The Hall–Kier alpha value is -1.10. The minimum atomic E-state index is -0.0382. The van der Waals surface area contributed by atoms with E-state index < -0.39 is 0 Å². The topological polar surface area (TPSA) is 35.6 Å². The zero-order valence-corrected chi connectivity index (χ0v) is 10.9. The third-order valence-electron chi connectivity index (χ3n) is 3.66. The van der Waals surface area contributed by atoms with Crippen molar-refractivity contribution in [3.63, 3.8) is 0 Å². The molecule has 2 aliphatic heterocycles. The Labute approximate surface area is 112 Å². The number of amides is 1. The SMILES string of the molecule is O=C1C2CNCCN2CCN1c1ccccc1Cl. The number of para-hydroxylation sites is 1. The number of carbonyl (C=O) groups excluding carboxylic acids is 1. The molecule has 1 N–H and O–H groups in total. The molecule has 0 aliphatic carbocycles. The van der Waals surface area contributed by atoms with E-state index in [4.69, 9.17) is 11.6 Å². The molecular weight excluding hydrogens is 250 g/mol. The van der Waals surface area contributed by atoms with Gasteiger partial charge in [0.1, 0.15) is 6.04 Å². The zero-order valence-electron chi connectivity index (χ0n) is 10.1. The number of nitrogens with zero attached hydrogens (tertiary/aromatic N) is 2. The zero-order chi connectivity index (χ0) is 12.5. The number of fused-ring (bicyclic) bond motifs is 1. The number of anilines is 1. The van der Waals surface area contributed by atoms with Gasteiger partial charge in [0.2, 0.25) is 5.91 Å². The van der Waals surface area contributed by atoms with Gasteiger partial charge >= 0.3 is 0 Å². The lowest BCUT2D eigenvalue weighted by molar-refractivity contribution is -0.126. The summed E-state index contributed by atoms with van der Waals surface area (Å²) in [5.74, 6) is 0.154.